The van der Waals surface area contributed by atoms with E-state index in [1.807, 2.05) is 0 Å². The Kier molecular flexibility index (Phi) is 9.01. The van der Waals surface area contributed by atoms with E-state index in [1.165, 1.54) is 0 Å². The number of aliphatic hydroxyl groups is 2. The van der Waals surface area contributed by atoms with Crippen LogP contribution in [0.25, 0.3) is 0 Å². The largest absolute Gasteiger partial charge is 0.460 e. The molecule has 1 saturated heterocycles. The fraction of sp³-hybridized carbons (Fsp3) is 0.560. The van der Waals surface area contributed by atoms with Gasteiger partial charge in [0, 0.05) is 30.5 Å². The van der Waals surface area contributed by atoms with Gasteiger partial charge in [-0.05, 0) is 51.0 Å². The normalized spacial score (nSPS) is 22.5. The molecule has 0 spiro atoms. The van der Waals surface area contributed by atoms with Crippen LogP contribution in [0.2, 0.25) is 0 Å². The Hall–Kier alpha value is -2.79. The summed E-state index contributed by atoms with van der Waals surface area (Å²) < 4.78 is 16.0. The first-order valence-electron chi connectivity index (χ1n) is 11.7. The van der Waals surface area contributed by atoms with Gasteiger partial charge in [0.05, 0.1) is 18.8 Å². The minimum absolute atomic E-state index is 0.0676. The van der Waals surface area contributed by atoms with E-state index in [2.05, 4.69) is 10.6 Å². The van der Waals surface area contributed by atoms with Crippen molar-refractivity contribution in [1.29, 1.82) is 0 Å². The lowest BCUT2D eigenvalue weighted by molar-refractivity contribution is -0.155. The highest BCUT2D eigenvalue weighted by atomic mass is 16.7. The van der Waals surface area contributed by atoms with E-state index >= 15 is 0 Å². The zero-order valence-corrected chi connectivity index (χ0v) is 20.3. The first kappa shape index (κ1) is 26.8. The number of nitrogens with one attached hydrogen (secondary N) is 2. The zero-order valence-electron chi connectivity index (χ0n) is 20.3. The van der Waals surface area contributed by atoms with Crippen LogP contribution in [0.4, 0.5) is 0 Å². The number of ether oxygens (including phenoxy) is 3. The van der Waals surface area contributed by atoms with E-state index in [0.29, 0.717) is 16.7 Å². The molecule has 35 heavy (non-hydrogen) atoms. The van der Waals surface area contributed by atoms with Crippen LogP contribution in [0.1, 0.15) is 56.0 Å². The molecule has 192 valence electrons. The van der Waals surface area contributed by atoms with Gasteiger partial charge in [0.15, 0.2) is 0 Å². The van der Waals surface area contributed by atoms with Crippen LogP contribution in [-0.2, 0) is 30.3 Å². The Morgan fingerprint density at radius 2 is 1.97 bits per heavy atom. The Balaban J connectivity index is 1.52. The lowest BCUT2D eigenvalue weighted by atomic mass is 9.92. The Bertz CT molecular complexity index is 955. The van der Waals surface area contributed by atoms with E-state index in [1.54, 1.807) is 51.1 Å². The minimum Gasteiger partial charge on any atom is -0.460 e. The average Bonchev–Trinajstić information content (AvgIpc) is 3.28. The molecule has 0 saturated carbocycles. The van der Waals surface area contributed by atoms with E-state index in [9.17, 15) is 24.6 Å². The summed E-state index contributed by atoms with van der Waals surface area (Å²) in [5.41, 5.74) is 0.892. The number of rotatable bonds is 9. The summed E-state index contributed by atoms with van der Waals surface area (Å²) >= 11 is 0. The molecule has 1 aliphatic carbocycles. The average molecular weight is 491 g/mol. The molecule has 1 aliphatic heterocycles. The first-order chi connectivity index (χ1) is 16.6. The Morgan fingerprint density at radius 3 is 2.69 bits per heavy atom. The van der Waals surface area contributed by atoms with Crippen LogP contribution in [0, 0.1) is 0 Å². The number of esters is 1. The van der Waals surface area contributed by atoms with E-state index in [-0.39, 0.29) is 45.1 Å². The number of carbonyl (C=O) groups is 3. The molecule has 0 aromatic heterocycles. The molecule has 1 aromatic carbocycles. The van der Waals surface area contributed by atoms with Crippen LogP contribution in [-0.4, -0.2) is 71.4 Å². The number of hydrogen-bond acceptors (Lipinski definition) is 8. The number of hydrogen-bond donors (Lipinski definition) is 4. The number of amides is 2. The van der Waals surface area contributed by atoms with Crippen molar-refractivity contribution in [2.24, 2.45) is 0 Å². The summed E-state index contributed by atoms with van der Waals surface area (Å²) in [6, 6.07) is 6.14. The monoisotopic (exact) mass is 490 g/mol. The molecule has 1 heterocycles. The van der Waals surface area contributed by atoms with Gasteiger partial charge in [-0.15, -0.1) is 0 Å². The molecule has 10 nitrogen and oxygen atoms in total. The van der Waals surface area contributed by atoms with Crippen molar-refractivity contribution in [3.63, 3.8) is 0 Å². The highest BCUT2D eigenvalue weighted by Crippen LogP contribution is 2.28. The van der Waals surface area contributed by atoms with Gasteiger partial charge < -0.3 is 35.1 Å². The molecule has 4 N–H and O–H groups in total. The fourth-order valence-corrected chi connectivity index (χ4v) is 3.92. The number of carbonyl (C=O) groups excluding carboxylic acids is 3. The standard InChI is InChI=1S/C25H34N2O8/c1-25(2,3)35-21(30)8-7-18(13-28)27-24(32)16-6-4-5-15(9-16)12-26-23(31)17-10-19(29)22-20(11-17)33-14-34-22/h4-6,9,11,18-20,22,28-29H,7-8,10,12-14H2,1-3H3,(H,26,31)(H,27,32)/t18-,19+,20+,22-/m0/s1. The molecule has 2 aliphatic rings. The van der Waals surface area contributed by atoms with Crippen LogP contribution >= 0.6 is 0 Å². The van der Waals surface area contributed by atoms with Crippen LogP contribution < -0.4 is 10.6 Å². The van der Waals surface area contributed by atoms with E-state index < -0.39 is 41.8 Å². The number of aliphatic hydroxyl groups excluding tert-OH is 2. The maximum absolute atomic E-state index is 12.7. The van der Waals surface area contributed by atoms with Crippen LogP contribution in [0.15, 0.2) is 35.9 Å². The predicted octanol–water partition coefficient (Wildman–Crippen LogP) is 0.948. The van der Waals surface area contributed by atoms with E-state index in [0.717, 1.165) is 0 Å². The third-order valence-corrected chi connectivity index (χ3v) is 5.62. The SMILES string of the molecule is CC(C)(C)OC(=O)CC[C@@H](CO)NC(=O)c1cccc(CNC(=O)C2=C[C@H]3OCO[C@H]3[C@H](O)C2)c1. The van der Waals surface area contributed by atoms with Crippen LogP contribution in [0.5, 0.6) is 0 Å². The Morgan fingerprint density at radius 1 is 1.20 bits per heavy atom. The molecule has 0 bridgehead atoms. The van der Waals surface area contributed by atoms with Crippen molar-refractivity contribution < 1.29 is 38.8 Å². The Labute approximate surface area is 204 Å². The molecule has 3 rings (SSSR count). The smallest absolute Gasteiger partial charge is 0.306 e. The van der Waals surface area contributed by atoms with Gasteiger partial charge >= 0.3 is 5.97 Å². The highest BCUT2D eigenvalue weighted by Gasteiger charge is 2.39. The van der Waals surface area contributed by atoms with Crippen molar-refractivity contribution in [1.82, 2.24) is 10.6 Å². The molecule has 1 aromatic rings. The highest BCUT2D eigenvalue weighted by molar-refractivity contribution is 5.95. The fourth-order valence-electron chi connectivity index (χ4n) is 3.92. The second kappa shape index (κ2) is 11.8. The first-order valence-corrected chi connectivity index (χ1v) is 11.7. The minimum atomic E-state index is -0.810. The summed E-state index contributed by atoms with van der Waals surface area (Å²) in [5, 5.41) is 25.3. The molecule has 2 amide bonds. The molecular weight excluding hydrogens is 456 g/mol. The molecule has 10 heteroatoms. The van der Waals surface area contributed by atoms with Gasteiger partial charge in [-0.1, -0.05) is 12.1 Å². The van der Waals surface area contributed by atoms with Crippen LogP contribution in [0.3, 0.4) is 0 Å². The summed E-state index contributed by atoms with van der Waals surface area (Å²) in [6.07, 6.45) is 0.452. The lowest BCUT2D eigenvalue weighted by Gasteiger charge is -2.26. The van der Waals surface area contributed by atoms with Gasteiger partial charge in [0.25, 0.3) is 5.91 Å². The van der Waals surface area contributed by atoms with Crippen molar-refractivity contribution >= 4 is 17.8 Å². The second-order valence-corrected chi connectivity index (χ2v) is 9.70. The summed E-state index contributed by atoms with van der Waals surface area (Å²) in [5.74, 6) is -1.12. The maximum Gasteiger partial charge on any atom is 0.306 e. The van der Waals surface area contributed by atoms with Crippen molar-refractivity contribution in [2.75, 3.05) is 13.4 Å². The zero-order chi connectivity index (χ0) is 25.6. The molecule has 0 unspecified atom stereocenters. The van der Waals surface area contributed by atoms with Gasteiger partial charge in [-0.2, -0.15) is 0 Å². The maximum atomic E-state index is 12.7. The van der Waals surface area contributed by atoms with Crippen molar-refractivity contribution in [2.45, 2.75) is 76.5 Å². The summed E-state index contributed by atoms with van der Waals surface area (Å²) in [7, 11) is 0. The topological polar surface area (TPSA) is 143 Å². The molecule has 4 atom stereocenters. The van der Waals surface area contributed by atoms with Gasteiger partial charge in [0.2, 0.25) is 5.91 Å². The van der Waals surface area contributed by atoms with Gasteiger partial charge in [0.1, 0.15) is 24.6 Å². The lowest BCUT2D eigenvalue weighted by Crippen LogP contribution is -2.40. The van der Waals surface area contributed by atoms with Gasteiger partial charge in [-0.3, -0.25) is 14.4 Å². The van der Waals surface area contributed by atoms with Crippen molar-refractivity contribution in [3.05, 3.63) is 47.0 Å². The molecule has 0 radical (unpaired) electrons. The molecular formula is C25H34N2O8. The third kappa shape index (κ3) is 7.86. The van der Waals surface area contributed by atoms with Crippen molar-refractivity contribution in [3.8, 4) is 0 Å². The second-order valence-electron chi connectivity index (χ2n) is 9.70. The number of fused-ring (bicyclic) bond motifs is 1. The number of benzene rings is 1. The van der Waals surface area contributed by atoms with E-state index in [4.69, 9.17) is 14.2 Å². The predicted molar refractivity (Wildman–Crippen MR) is 125 cm³/mol. The summed E-state index contributed by atoms with van der Waals surface area (Å²) in [4.78, 5) is 37.2. The van der Waals surface area contributed by atoms with Gasteiger partial charge in [-0.25, -0.2) is 0 Å². The molecule has 1 fully saturated rings. The quantitative estimate of drug-likeness (QED) is 0.375. The third-order valence-electron chi connectivity index (χ3n) is 5.62. The summed E-state index contributed by atoms with van der Waals surface area (Å²) in [6.45, 7) is 5.27.